The molecule has 1 atom stereocenters. The van der Waals surface area contributed by atoms with E-state index in [9.17, 15) is 23.1 Å². The Morgan fingerprint density at radius 1 is 1.19 bits per heavy atom. The Labute approximate surface area is 165 Å². The average molecular weight is 417 g/mol. The molecule has 2 aromatic rings. The van der Waals surface area contributed by atoms with Crippen LogP contribution in [0.2, 0.25) is 10.0 Å². The molecule has 2 aromatic carbocycles. The largest absolute Gasteiger partial charge is 0.478 e. The van der Waals surface area contributed by atoms with E-state index in [1.807, 2.05) is 6.92 Å². The van der Waals surface area contributed by atoms with E-state index >= 15 is 0 Å². The lowest BCUT2D eigenvalue weighted by atomic mass is 9.92. The summed E-state index contributed by atoms with van der Waals surface area (Å²) in [5.41, 5.74) is 1.85. The number of halogens is 5. The molecule has 0 saturated heterocycles. The topological polar surface area (TPSA) is 37.3 Å². The fourth-order valence-corrected chi connectivity index (χ4v) is 3.54. The summed E-state index contributed by atoms with van der Waals surface area (Å²) in [7, 11) is 0. The molecule has 144 valence electrons. The summed E-state index contributed by atoms with van der Waals surface area (Å²) in [6.07, 6.45) is -1.64. The van der Waals surface area contributed by atoms with Crippen molar-refractivity contribution in [1.82, 2.24) is 0 Å². The van der Waals surface area contributed by atoms with Crippen molar-refractivity contribution >= 4 is 35.2 Å². The lowest BCUT2D eigenvalue weighted by Gasteiger charge is -2.18. The number of alkyl halides is 3. The van der Waals surface area contributed by atoms with Crippen LogP contribution in [0.5, 0.6) is 0 Å². The van der Waals surface area contributed by atoms with Gasteiger partial charge in [-0.15, -0.1) is 0 Å². The van der Waals surface area contributed by atoms with Gasteiger partial charge in [0.15, 0.2) is 0 Å². The van der Waals surface area contributed by atoms with Crippen LogP contribution in [0.4, 0.5) is 13.2 Å². The van der Waals surface area contributed by atoms with Gasteiger partial charge < -0.3 is 5.11 Å². The van der Waals surface area contributed by atoms with Crippen LogP contribution < -0.4 is 0 Å². The van der Waals surface area contributed by atoms with Crippen LogP contribution in [0.15, 0.2) is 36.4 Å². The molecule has 0 spiro atoms. The van der Waals surface area contributed by atoms with Crippen molar-refractivity contribution < 1.29 is 23.1 Å². The second kappa shape index (κ2) is 8.36. The molecule has 0 saturated carbocycles. The molecule has 0 bridgehead atoms. The molecule has 7 heteroatoms. The molecule has 0 fully saturated rings. The molecular weight excluding hydrogens is 400 g/mol. The second-order valence-corrected chi connectivity index (χ2v) is 6.92. The molecule has 0 aromatic heterocycles. The Morgan fingerprint density at radius 3 is 2.26 bits per heavy atom. The Hall–Kier alpha value is -1.98. The first kappa shape index (κ1) is 21.3. The number of hydrogen-bond acceptors (Lipinski definition) is 1. The van der Waals surface area contributed by atoms with Crippen LogP contribution in [0.25, 0.3) is 6.08 Å². The lowest BCUT2D eigenvalue weighted by Crippen LogP contribution is -2.19. The third-order valence-corrected chi connectivity index (χ3v) is 4.72. The number of carboxylic acids is 1. The molecule has 1 unspecified atom stereocenters. The van der Waals surface area contributed by atoms with Gasteiger partial charge in [0.2, 0.25) is 0 Å². The third-order valence-electron chi connectivity index (χ3n) is 4.28. The summed E-state index contributed by atoms with van der Waals surface area (Å²) < 4.78 is 40.8. The first-order valence-corrected chi connectivity index (χ1v) is 8.86. The van der Waals surface area contributed by atoms with Gasteiger partial charge in [-0.25, -0.2) is 4.79 Å². The normalized spacial score (nSPS) is 13.1. The SMILES string of the molecule is CCc1c(/C=C/C(c2cc(Cl)cc(Cl)c2)C(F)(F)F)ccc(C(=O)O)c1C. The Balaban J connectivity index is 2.51. The molecule has 0 heterocycles. The Kier molecular flexibility index (Phi) is 6.60. The monoisotopic (exact) mass is 416 g/mol. The lowest BCUT2D eigenvalue weighted by molar-refractivity contribution is -0.139. The van der Waals surface area contributed by atoms with Crippen molar-refractivity contribution in [2.75, 3.05) is 0 Å². The quantitative estimate of drug-likeness (QED) is 0.573. The number of carbonyl (C=O) groups is 1. The van der Waals surface area contributed by atoms with Crippen LogP contribution >= 0.6 is 23.2 Å². The number of allylic oxidation sites excluding steroid dienone is 1. The zero-order chi connectivity index (χ0) is 20.4. The van der Waals surface area contributed by atoms with Crippen molar-refractivity contribution in [1.29, 1.82) is 0 Å². The maximum atomic E-state index is 13.6. The highest BCUT2D eigenvalue weighted by molar-refractivity contribution is 6.34. The number of aromatic carboxylic acids is 1. The molecular formula is C20H17Cl2F3O2. The van der Waals surface area contributed by atoms with E-state index in [4.69, 9.17) is 23.2 Å². The summed E-state index contributed by atoms with van der Waals surface area (Å²) in [4.78, 5) is 11.3. The van der Waals surface area contributed by atoms with E-state index in [-0.39, 0.29) is 21.2 Å². The van der Waals surface area contributed by atoms with Crippen molar-refractivity contribution in [3.8, 4) is 0 Å². The molecule has 1 N–H and O–H groups in total. The summed E-state index contributed by atoms with van der Waals surface area (Å²) in [5, 5.41) is 9.45. The highest BCUT2D eigenvalue weighted by Crippen LogP contribution is 2.38. The minimum absolute atomic E-state index is 0.0619. The van der Waals surface area contributed by atoms with Gasteiger partial charge in [-0.2, -0.15) is 13.2 Å². The fourth-order valence-electron chi connectivity index (χ4n) is 3.00. The number of rotatable bonds is 5. The minimum atomic E-state index is -4.53. The van der Waals surface area contributed by atoms with Gasteiger partial charge in [0.05, 0.1) is 11.5 Å². The van der Waals surface area contributed by atoms with Crippen LogP contribution in [0.3, 0.4) is 0 Å². The van der Waals surface area contributed by atoms with Gasteiger partial charge in [0, 0.05) is 10.0 Å². The standard InChI is InChI=1S/C20H17Cl2F3O2/c1-3-16-11(2)17(19(26)27)6-4-12(16)5-7-18(20(23,24)25)13-8-14(21)10-15(22)9-13/h4-10,18H,3H2,1-2H3,(H,26,27)/b7-5+. The van der Waals surface area contributed by atoms with E-state index in [0.29, 0.717) is 23.1 Å². The van der Waals surface area contributed by atoms with Gasteiger partial charge in [-0.05, 0) is 59.9 Å². The van der Waals surface area contributed by atoms with E-state index in [0.717, 1.165) is 6.08 Å². The van der Waals surface area contributed by atoms with Gasteiger partial charge in [-0.3, -0.25) is 0 Å². The number of benzene rings is 2. The fraction of sp³-hybridized carbons (Fsp3) is 0.250. The first-order valence-electron chi connectivity index (χ1n) is 8.11. The van der Waals surface area contributed by atoms with Gasteiger partial charge in [-0.1, -0.05) is 48.3 Å². The maximum absolute atomic E-state index is 13.6. The zero-order valence-corrected chi connectivity index (χ0v) is 16.1. The first-order chi connectivity index (χ1) is 12.5. The minimum Gasteiger partial charge on any atom is -0.478 e. The van der Waals surface area contributed by atoms with E-state index in [1.165, 1.54) is 36.4 Å². The summed E-state index contributed by atoms with van der Waals surface area (Å²) in [6, 6.07) is 6.75. The van der Waals surface area contributed by atoms with Gasteiger partial charge in [0.25, 0.3) is 0 Å². The Morgan fingerprint density at radius 2 is 1.78 bits per heavy atom. The second-order valence-electron chi connectivity index (χ2n) is 6.05. The Bertz CT molecular complexity index is 869. The van der Waals surface area contributed by atoms with Crippen molar-refractivity contribution in [3.05, 3.63) is 74.3 Å². The number of carboxylic acid groups (broad SMARTS) is 1. The van der Waals surface area contributed by atoms with E-state index in [1.54, 1.807) is 6.92 Å². The highest BCUT2D eigenvalue weighted by atomic mass is 35.5. The molecule has 27 heavy (non-hydrogen) atoms. The van der Waals surface area contributed by atoms with Gasteiger partial charge in [0.1, 0.15) is 0 Å². The molecule has 0 aliphatic heterocycles. The molecule has 2 rings (SSSR count). The summed E-state index contributed by atoms with van der Waals surface area (Å²) >= 11 is 11.7. The van der Waals surface area contributed by atoms with Crippen LogP contribution in [0.1, 0.15) is 45.5 Å². The smallest absolute Gasteiger partial charge is 0.399 e. The molecule has 0 amide bonds. The molecule has 2 nitrogen and oxygen atoms in total. The predicted octanol–water partition coefficient (Wildman–Crippen LogP) is 6.92. The van der Waals surface area contributed by atoms with E-state index in [2.05, 4.69) is 0 Å². The van der Waals surface area contributed by atoms with Gasteiger partial charge >= 0.3 is 12.1 Å². The van der Waals surface area contributed by atoms with Crippen LogP contribution in [0, 0.1) is 6.92 Å². The maximum Gasteiger partial charge on any atom is 0.399 e. The summed E-state index contributed by atoms with van der Waals surface area (Å²) in [5.74, 6) is -2.96. The van der Waals surface area contributed by atoms with Crippen molar-refractivity contribution in [2.24, 2.45) is 0 Å². The molecule has 0 radical (unpaired) electrons. The van der Waals surface area contributed by atoms with Crippen LogP contribution in [-0.2, 0) is 6.42 Å². The zero-order valence-electron chi connectivity index (χ0n) is 14.6. The van der Waals surface area contributed by atoms with Crippen molar-refractivity contribution in [3.63, 3.8) is 0 Å². The predicted molar refractivity (Wildman–Crippen MR) is 102 cm³/mol. The molecule has 0 aliphatic rings. The molecule has 0 aliphatic carbocycles. The highest BCUT2D eigenvalue weighted by Gasteiger charge is 2.39. The number of hydrogen-bond donors (Lipinski definition) is 1. The van der Waals surface area contributed by atoms with Crippen LogP contribution in [-0.4, -0.2) is 17.3 Å². The van der Waals surface area contributed by atoms with E-state index < -0.39 is 18.1 Å². The average Bonchev–Trinajstić information content (AvgIpc) is 2.52. The third kappa shape index (κ3) is 5.05. The summed E-state index contributed by atoms with van der Waals surface area (Å²) in [6.45, 7) is 3.47. The van der Waals surface area contributed by atoms with Crippen molar-refractivity contribution in [2.45, 2.75) is 32.4 Å².